The maximum absolute atomic E-state index is 5.89. The smallest absolute Gasteiger partial charge is 0.221 e. The van der Waals surface area contributed by atoms with Gasteiger partial charge in [-0.15, -0.1) is 0 Å². The predicted octanol–water partition coefficient (Wildman–Crippen LogP) is 2.51. The predicted molar refractivity (Wildman–Crippen MR) is 82.9 cm³/mol. The maximum Gasteiger partial charge on any atom is 0.221 e. The Labute approximate surface area is 122 Å². The van der Waals surface area contributed by atoms with Crippen molar-refractivity contribution in [1.29, 1.82) is 0 Å². The van der Waals surface area contributed by atoms with Gasteiger partial charge in [0.05, 0.1) is 5.56 Å². The van der Waals surface area contributed by atoms with Crippen LogP contribution in [0.4, 0.5) is 5.82 Å². The molecule has 1 rings (SSSR count). The third-order valence-corrected chi connectivity index (χ3v) is 3.35. The third kappa shape index (κ3) is 4.63. The van der Waals surface area contributed by atoms with E-state index in [9.17, 15) is 0 Å². The molecular weight excluding hydrogens is 252 g/mol. The largest absolute Gasteiger partial charge is 0.476 e. The first-order chi connectivity index (χ1) is 9.47. The second kappa shape index (κ2) is 8.04. The van der Waals surface area contributed by atoms with Gasteiger partial charge in [0.2, 0.25) is 5.88 Å². The Balaban J connectivity index is 2.63. The number of nitrogen functional groups attached to an aromatic ring is 1. The van der Waals surface area contributed by atoms with Crippen LogP contribution in [0.1, 0.15) is 46.6 Å². The molecule has 0 radical (unpaired) electrons. The zero-order chi connectivity index (χ0) is 15.1. The highest BCUT2D eigenvalue weighted by Crippen LogP contribution is 2.21. The molecule has 0 atom stereocenters. The van der Waals surface area contributed by atoms with Gasteiger partial charge in [0.25, 0.3) is 0 Å². The number of rotatable bonds is 8. The van der Waals surface area contributed by atoms with Gasteiger partial charge in [-0.1, -0.05) is 13.3 Å². The lowest BCUT2D eigenvalue weighted by Crippen LogP contribution is -2.39. The van der Waals surface area contributed by atoms with Crippen LogP contribution in [0.2, 0.25) is 0 Å². The highest BCUT2D eigenvalue weighted by Gasteiger charge is 2.14. The zero-order valence-corrected chi connectivity index (χ0v) is 13.4. The van der Waals surface area contributed by atoms with Gasteiger partial charge in [-0.25, -0.2) is 9.97 Å². The maximum atomic E-state index is 5.89. The zero-order valence-electron chi connectivity index (χ0n) is 13.4. The molecule has 0 saturated carbocycles. The number of ether oxygens (including phenoxy) is 1. The van der Waals surface area contributed by atoms with Crippen LogP contribution in [0, 0.1) is 0 Å². The van der Waals surface area contributed by atoms with E-state index in [0.29, 0.717) is 30.4 Å². The van der Waals surface area contributed by atoms with Gasteiger partial charge in [-0.3, -0.25) is 4.90 Å². The number of nitrogens with two attached hydrogens (primary N) is 1. The van der Waals surface area contributed by atoms with Crippen molar-refractivity contribution in [3.63, 3.8) is 0 Å². The Kier molecular flexibility index (Phi) is 6.71. The van der Waals surface area contributed by atoms with Crippen molar-refractivity contribution >= 4 is 5.82 Å². The molecule has 0 bridgehead atoms. The van der Waals surface area contributed by atoms with Crippen molar-refractivity contribution < 1.29 is 4.74 Å². The average molecular weight is 280 g/mol. The van der Waals surface area contributed by atoms with E-state index >= 15 is 0 Å². The summed E-state index contributed by atoms with van der Waals surface area (Å²) in [7, 11) is 0. The van der Waals surface area contributed by atoms with Crippen LogP contribution < -0.4 is 10.5 Å². The molecule has 0 fully saturated rings. The topological polar surface area (TPSA) is 64.3 Å². The minimum absolute atomic E-state index is 0.504. The lowest BCUT2D eigenvalue weighted by molar-refractivity contribution is 0.139. The minimum atomic E-state index is 0.504. The van der Waals surface area contributed by atoms with Crippen molar-refractivity contribution in [2.24, 2.45) is 0 Å². The molecule has 0 saturated heterocycles. The Morgan fingerprint density at radius 3 is 2.40 bits per heavy atom. The molecule has 0 aliphatic heterocycles. The van der Waals surface area contributed by atoms with Gasteiger partial charge < -0.3 is 10.5 Å². The molecule has 2 N–H and O–H groups in total. The lowest BCUT2D eigenvalue weighted by Gasteiger charge is -2.30. The fourth-order valence-electron chi connectivity index (χ4n) is 2.38. The van der Waals surface area contributed by atoms with E-state index in [-0.39, 0.29) is 0 Å². The van der Waals surface area contributed by atoms with Gasteiger partial charge in [0.15, 0.2) is 0 Å². The van der Waals surface area contributed by atoms with Crippen molar-refractivity contribution in [2.45, 2.75) is 59.5 Å². The van der Waals surface area contributed by atoms with Crippen molar-refractivity contribution in [3.8, 4) is 5.88 Å². The quantitative estimate of drug-likeness (QED) is 0.792. The summed E-state index contributed by atoms with van der Waals surface area (Å²) in [4.78, 5) is 10.6. The summed E-state index contributed by atoms with van der Waals surface area (Å²) >= 11 is 0. The van der Waals surface area contributed by atoms with Crippen LogP contribution in [0.25, 0.3) is 0 Å². The molecule has 1 aromatic heterocycles. The van der Waals surface area contributed by atoms with E-state index in [1.54, 1.807) is 0 Å². The van der Waals surface area contributed by atoms with Crippen LogP contribution in [0.15, 0.2) is 6.33 Å². The number of nitrogens with zero attached hydrogens (tertiary/aromatic N) is 3. The molecule has 114 valence electrons. The molecule has 0 aromatic carbocycles. The highest BCUT2D eigenvalue weighted by atomic mass is 16.5. The molecule has 20 heavy (non-hydrogen) atoms. The van der Waals surface area contributed by atoms with Gasteiger partial charge in [0, 0.05) is 18.6 Å². The van der Waals surface area contributed by atoms with Crippen LogP contribution in [-0.2, 0) is 6.42 Å². The van der Waals surface area contributed by atoms with Gasteiger partial charge in [-0.05, 0) is 34.1 Å². The molecule has 0 aliphatic rings. The summed E-state index contributed by atoms with van der Waals surface area (Å²) in [5, 5.41) is 0. The molecule has 0 spiro atoms. The molecule has 0 aliphatic carbocycles. The summed E-state index contributed by atoms with van der Waals surface area (Å²) in [6.07, 6.45) is 3.31. The van der Waals surface area contributed by atoms with E-state index in [4.69, 9.17) is 10.5 Å². The first-order valence-electron chi connectivity index (χ1n) is 7.45. The monoisotopic (exact) mass is 280 g/mol. The molecule has 0 amide bonds. The Morgan fingerprint density at radius 2 is 1.85 bits per heavy atom. The molecule has 5 nitrogen and oxygen atoms in total. The SMILES string of the molecule is CCCc1c(N)ncnc1OCCN(C(C)C)C(C)C. The average Bonchev–Trinajstić information content (AvgIpc) is 2.37. The molecule has 5 heteroatoms. The normalized spacial score (nSPS) is 11.6. The van der Waals surface area contributed by atoms with E-state index in [1.165, 1.54) is 6.33 Å². The van der Waals surface area contributed by atoms with Crippen molar-refractivity contribution in [1.82, 2.24) is 14.9 Å². The second-order valence-electron chi connectivity index (χ2n) is 5.57. The standard InChI is InChI=1S/C15H28N4O/c1-6-7-13-14(16)17-10-18-15(13)20-9-8-19(11(2)3)12(4)5/h10-12H,6-9H2,1-5H3,(H2,16,17,18). The molecule has 1 aromatic rings. The molecule has 1 heterocycles. The minimum Gasteiger partial charge on any atom is -0.476 e. The summed E-state index contributed by atoms with van der Waals surface area (Å²) in [6, 6.07) is 1.01. The van der Waals surface area contributed by atoms with Crippen molar-refractivity contribution in [2.75, 3.05) is 18.9 Å². The Bertz CT molecular complexity index is 399. The van der Waals surface area contributed by atoms with E-state index < -0.39 is 0 Å². The number of hydrogen-bond donors (Lipinski definition) is 1. The van der Waals surface area contributed by atoms with Crippen LogP contribution in [0.5, 0.6) is 5.88 Å². The summed E-state index contributed by atoms with van der Waals surface area (Å²) in [5.74, 6) is 1.16. The summed E-state index contributed by atoms with van der Waals surface area (Å²) in [6.45, 7) is 12.4. The highest BCUT2D eigenvalue weighted by molar-refractivity contribution is 5.44. The number of aromatic nitrogens is 2. The van der Waals surface area contributed by atoms with E-state index in [0.717, 1.165) is 24.9 Å². The first-order valence-corrected chi connectivity index (χ1v) is 7.45. The Morgan fingerprint density at radius 1 is 1.20 bits per heavy atom. The summed E-state index contributed by atoms with van der Waals surface area (Å²) < 4.78 is 5.83. The Hall–Kier alpha value is -1.36. The number of hydrogen-bond acceptors (Lipinski definition) is 5. The van der Waals surface area contributed by atoms with Gasteiger partial charge >= 0.3 is 0 Å². The number of anilines is 1. The summed E-state index contributed by atoms with van der Waals surface area (Å²) in [5.41, 5.74) is 6.82. The van der Waals surface area contributed by atoms with Crippen LogP contribution >= 0.6 is 0 Å². The van der Waals surface area contributed by atoms with Crippen LogP contribution in [0.3, 0.4) is 0 Å². The fourth-order valence-corrected chi connectivity index (χ4v) is 2.38. The third-order valence-electron chi connectivity index (χ3n) is 3.35. The van der Waals surface area contributed by atoms with Crippen molar-refractivity contribution in [3.05, 3.63) is 11.9 Å². The fraction of sp³-hybridized carbons (Fsp3) is 0.733. The molecular formula is C15H28N4O. The second-order valence-corrected chi connectivity index (χ2v) is 5.57. The van der Waals surface area contributed by atoms with Crippen LogP contribution in [-0.4, -0.2) is 40.1 Å². The van der Waals surface area contributed by atoms with Gasteiger partial charge in [-0.2, -0.15) is 0 Å². The van der Waals surface area contributed by atoms with Gasteiger partial charge in [0.1, 0.15) is 18.8 Å². The van der Waals surface area contributed by atoms with E-state index in [2.05, 4.69) is 49.5 Å². The molecule has 0 unspecified atom stereocenters. The lowest BCUT2D eigenvalue weighted by atomic mass is 10.2. The van der Waals surface area contributed by atoms with E-state index in [1.807, 2.05) is 0 Å². The first kappa shape index (κ1) is 16.7.